The smallest absolute Gasteiger partial charge is 0.0457 e. The molecule has 0 amide bonds. The normalized spacial score (nSPS) is 12.4. The van der Waals surface area contributed by atoms with Crippen molar-refractivity contribution in [1.82, 2.24) is 4.98 Å². The number of aromatic amines is 1. The molecule has 1 atom stereocenters. The maximum atomic E-state index is 6.19. The van der Waals surface area contributed by atoms with E-state index in [4.69, 9.17) is 5.73 Å². The third-order valence-corrected chi connectivity index (χ3v) is 2.90. The van der Waals surface area contributed by atoms with Gasteiger partial charge in [-0.3, -0.25) is 0 Å². The van der Waals surface area contributed by atoms with Crippen molar-refractivity contribution in [3.63, 3.8) is 0 Å². The molecular weight excluding hydrogens is 220 g/mol. The van der Waals surface area contributed by atoms with Gasteiger partial charge in [-0.25, -0.2) is 0 Å². The highest BCUT2D eigenvalue weighted by Gasteiger charge is 2.09. The first-order chi connectivity index (χ1) is 7.33. The summed E-state index contributed by atoms with van der Waals surface area (Å²) < 4.78 is 0. The van der Waals surface area contributed by atoms with E-state index in [1.807, 2.05) is 6.20 Å². The second-order valence-corrected chi connectivity index (χ2v) is 4.03. The third kappa shape index (κ3) is 2.57. The fourth-order valence-electron chi connectivity index (χ4n) is 2.01. The number of rotatable bonds is 4. The first-order valence-corrected chi connectivity index (χ1v) is 5.64. The van der Waals surface area contributed by atoms with Crippen molar-refractivity contribution in [3.8, 4) is 0 Å². The summed E-state index contributed by atoms with van der Waals surface area (Å²) in [5.74, 6) is 0. The second kappa shape index (κ2) is 5.92. The van der Waals surface area contributed by atoms with Gasteiger partial charge < -0.3 is 10.7 Å². The van der Waals surface area contributed by atoms with Gasteiger partial charge in [0.05, 0.1) is 0 Å². The Balaban J connectivity index is 0.00000128. The number of H-pyrrole nitrogens is 1. The van der Waals surface area contributed by atoms with Crippen molar-refractivity contribution in [2.45, 2.75) is 32.2 Å². The van der Waals surface area contributed by atoms with E-state index in [1.54, 1.807) is 0 Å². The van der Waals surface area contributed by atoms with Crippen LogP contribution in [0.4, 0.5) is 0 Å². The van der Waals surface area contributed by atoms with Crippen molar-refractivity contribution in [1.29, 1.82) is 0 Å². The van der Waals surface area contributed by atoms with Gasteiger partial charge in [0.1, 0.15) is 0 Å². The van der Waals surface area contributed by atoms with E-state index in [-0.39, 0.29) is 18.4 Å². The van der Waals surface area contributed by atoms with Gasteiger partial charge in [-0.2, -0.15) is 0 Å². The number of benzene rings is 1. The van der Waals surface area contributed by atoms with E-state index >= 15 is 0 Å². The average molecular weight is 239 g/mol. The van der Waals surface area contributed by atoms with Gasteiger partial charge in [-0.1, -0.05) is 31.9 Å². The number of hydrogen-bond donors (Lipinski definition) is 2. The number of nitrogens with two attached hydrogens (primary N) is 1. The summed E-state index contributed by atoms with van der Waals surface area (Å²) in [4.78, 5) is 3.22. The van der Waals surface area contributed by atoms with Gasteiger partial charge in [0.25, 0.3) is 0 Å². The third-order valence-electron chi connectivity index (χ3n) is 2.90. The van der Waals surface area contributed by atoms with E-state index in [1.165, 1.54) is 29.3 Å². The Morgan fingerprint density at radius 2 is 2.12 bits per heavy atom. The lowest BCUT2D eigenvalue weighted by molar-refractivity contribution is 0.607. The van der Waals surface area contributed by atoms with Crippen molar-refractivity contribution in [2.75, 3.05) is 0 Å². The molecule has 0 spiro atoms. The Morgan fingerprint density at radius 1 is 1.31 bits per heavy atom. The minimum Gasteiger partial charge on any atom is -0.361 e. The zero-order valence-electron chi connectivity index (χ0n) is 9.57. The minimum absolute atomic E-state index is 0. The molecule has 0 fully saturated rings. The fraction of sp³-hybridized carbons (Fsp3) is 0.385. The molecule has 2 aromatic rings. The first-order valence-electron chi connectivity index (χ1n) is 5.64. The molecule has 0 saturated heterocycles. The number of aromatic nitrogens is 1. The molecule has 0 unspecified atom stereocenters. The molecular formula is C13H19ClN2. The number of nitrogens with one attached hydrogen (secondary N) is 1. The van der Waals surface area contributed by atoms with Crippen LogP contribution in [-0.2, 0) is 0 Å². The molecule has 1 aromatic carbocycles. The van der Waals surface area contributed by atoms with Crippen LogP contribution >= 0.6 is 12.4 Å². The Labute approximate surface area is 103 Å². The highest BCUT2D eigenvalue weighted by Crippen LogP contribution is 2.25. The Morgan fingerprint density at radius 3 is 2.88 bits per heavy atom. The molecule has 0 aliphatic heterocycles. The maximum absolute atomic E-state index is 6.19. The van der Waals surface area contributed by atoms with Gasteiger partial charge in [-0.15, -0.1) is 12.4 Å². The highest BCUT2D eigenvalue weighted by molar-refractivity contribution is 5.85. The summed E-state index contributed by atoms with van der Waals surface area (Å²) in [5, 5.41) is 1.26. The predicted octanol–water partition coefficient (Wildman–Crippen LogP) is 3.78. The van der Waals surface area contributed by atoms with Crippen LogP contribution in [0.25, 0.3) is 10.9 Å². The van der Waals surface area contributed by atoms with Crippen LogP contribution in [-0.4, -0.2) is 4.98 Å². The summed E-state index contributed by atoms with van der Waals surface area (Å²) in [7, 11) is 0. The molecule has 2 nitrogen and oxygen atoms in total. The van der Waals surface area contributed by atoms with Crippen molar-refractivity contribution >= 4 is 23.3 Å². The summed E-state index contributed by atoms with van der Waals surface area (Å²) >= 11 is 0. The summed E-state index contributed by atoms with van der Waals surface area (Å²) in [6.45, 7) is 2.20. The monoisotopic (exact) mass is 238 g/mol. The Kier molecular flexibility index (Phi) is 4.84. The van der Waals surface area contributed by atoms with Crippen LogP contribution in [0.2, 0.25) is 0 Å². The van der Waals surface area contributed by atoms with Gasteiger partial charge >= 0.3 is 0 Å². The maximum Gasteiger partial charge on any atom is 0.0457 e. The van der Waals surface area contributed by atoms with Crippen molar-refractivity contribution in [2.24, 2.45) is 5.73 Å². The molecule has 0 aliphatic rings. The van der Waals surface area contributed by atoms with Crippen LogP contribution in [0.1, 0.15) is 37.8 Å². The van der Waals surface area contributed by atoms with Crippen molar-refractivity contribution < 1.29 is 0 Å². The number of hydrogen-bond acceptors (Lipinski definition) is 1. The molecule has 0 aliphatic carbocycles. The van der Waals surface area contributed by atoms with Gasteiger partial charge in [0, 0.05) is 23.1 Å². The molecule has 16 heavy (non-hydrogen) atoms. The molecule has 88 valence electrons. The summed E-state index contributed by atoms with van der Waals surface area (Å²) in [6.07, 6.45) is 5.44. The zero-order chi connectivity index (χ0) is 10.7. The molecule has 0 bridgehead atoms. The fourth-order valence-corrected chi connectivity index (χ4v) is 2.01. The minimum atomic E-state index is 0. The van der Waals surface area contributed by atoms with E-state index in [0.29, 0.717) is 0 Å². The molecule has 0 radical (unpaired) electrons. The van der Waals surface area contributed by atoms with Gasteiger partial charge in [-0.05, 0) is 24.1 Å². The van der Waals surface area contributed by atoms with E-state index in [2.05, 4.69) is 36.2 Å². The summed E-state index contributed by atoms with van der Waals surface area (Å²) in [5.41, 5.74) is 8.64. The molecule has 1 aromatic heterocycles. The topological polar surface area (TPSA) is 41.8 Å². The molecule has 2 rings (SSSR count). The molecule has 1 heterocycles. The van der Waals surface area contributed by atoms with Crippen LogP contribution in [0, 0.1) is 0 Å². The van der Waals surface area contributed by atoms with Crippen LogP contribution < -0.4 is 5.73 Å². The van der Waals surface area contributed by atoms with Crippen molar-refractivity contribution in [3.05, 3.63) is 36.0 Å². The van der Waals surface area contributed by atoms with Gasteiger partial charge in [0.15, 0.2) is 0 Å². The second-order valence-electron chi connectivity index (χ2n) is 4.03. The lowest BCUT2D eigenvalue weighted by atomic mass is 9.99. The quantitative estimate of drug-likeness (QED) is 0.836. The lowest BCUT2D eigenvalue weighted by Crippen LogP contribution is -2.10. The van der Waals surface area contributed by atoms with Gasteiger partial charge in [0.2, 0.25) is 0 Å². The number of halogens is 1. The molecule has 3 N–H and O–H groups in total. The molecule has 0 saturated carbocycles. The lowest BCUT2D eigenvalue weighted by Gasteiger charge is -2.12. The van der Waals surface area contributed by atoms with E-state index in [0.717, 1.165) is 6.42 Å². The average Bonchev–Trinajstić information content (AvgIpc) is 2.73. The van der Waals surface area contributed by atoms with Crippen LogP contribution in [0.3, 0.4) is 0 Å². The number of unbranched alkanes of at least 4 members (excludes halogenated alkanes) is 1. The highest BCUT2D eigenvalue weighted by atomic mass is 35.5. The largest absolute Gasteiger partial charge is 0.361 e. The Hall–Kier alpha value is -0.990. The SMILES string of the molecule is CCCC[C@H](N)c1cccc2[nH]ccc12.Cl. The molecule has 3 heteroatoms. The van der Waals surface area contributed by atoms with Crippen LogP contribution in [0.15, 0.2) is 30.5 Å². The first kappa shape index (κ1) is 13.1. The predicted molar refractivity (Wildman–Crippen MR) is 72.0 cm³/mol. The van der Waals surface area contributed by atoms with E-state index in [9.17, 15) is 0 Å². The standard InChI is InChI=1S/C13H18N2.ClH/c1-2-3-6-12(14)10-5-4-7-13-11(10)8-9-15-13;/h4-5,7-9,12,15H,2-3,6,14H2,1H3;1H/t12-;/m0./s1. The Bertz CT molecular complexity index is 436. The van der Waals surface area contributed by atoms with E-state index < -0.39 is 0 Å². The summed E-state index contributed by atoms with van der Waals surface area (Å²) in [6, 6.07) is 8.57. The zero-order valence-corrected chi connectivity index (χ0v) is 10.4. The van der Waals surface area contributed by atoms with Crippen LogP contribution in [0.5, 0.6) is 0 Å². The number of fused-ring (bicyclic) bond motifs is 1.